The first-order valence-corrected chi connectivity index (χ1v) is 10.8. The highest BCUT2D eigenvalue weighted by Crippen LogP contribution is 2.42. The van der Waals surface area contributed by atoms with Gasteiger partial charge in [-0.1, -0.05) is 0 Å². The van der Waals surface area contributed by atoms with Gasteiger partial charge >= 0.3 is 0 Å². The van der Waals surface area contributed by atoms with Crippen molar-refractivity contribution in [2.45, 2.75) is 25.3 Å². The topological polar surface area (TPSA) is 140 Å². The third kappa shape index (κ3) is 4.21. The lowest BCUT2D eigenvalue weighted by Gasteiger charge is -2.54. The van der Waals surface area contributed by atoms with E-state index in [1.54, 1.807) is 9.80 Å². The summed E-state index contributed by atoms with van der Waals surface area (Å²) in [6, 6.07) is 7.31. The van der Waals surface area contributed by atoms with Crippen molar-refractivity contribution in [1.82, 2.24) is 19.8 Å². The van der Waals surface area contributed by atoms with Crippen LogP contribution in [0.25, 0.3) is 10.9 Å². The van der Waals surface area contributed by atoms with E-state index >= 15 is 0 Å². The van der Waals surface area contributed by atoms with E-state index < -0.39 is 0 Å². The highest BCUT2D eigenvalue weighted by atomic mass is 16.3. The van der Waals surface area contributed by atoms with Crippen molar-refractivity contribution in [2.75, 3.05) is 26.2 Å². The Morgan fingerprint density at radius 1 is 1.24 bits per heavy atom. The molecule has 0 aliphatic carbocycles. The molecule has 2 aliphatic rings. The number of rotatable bonds is 3. The van der Waals surface area contributed by atoms with E-state index in [1.807, 2.05) is 30.5 Å². The van der Waals surface area contributed by atoms with Crippen LogP contribution in [0.15, 0.2) is 47.5 Å². The molecule has 0 spiro atoms. The summed E-state index contributed by atoms with van der Waals surface area (Å²) in [6.45, 7) is 1.29. The minimum absolute atomic E-state index is 0.00238. The predicted molar refractivity (Wildman–Crippen MR) is 118 cm³/mol. The van der Waals surface area contributed by atoms with Crippen LogP contribution in [0.5, 0.6) is 0 Å². The standard InChI is InChI=1S/C22H24N4O4.CH2O2/c27-13-22-5-1-8-26(21(29)18-12-30-14-24-18)19(22)11-25(9-6-22)20(28)16-2-3-17-15(10-16)4-7-23-17;2-1-3/h2-4,7,10,12,14,19,23,27H,1,5-6,8-9,11,13H2;1H,(H,2,3)/t19-,22-;/m0./s1. The normalized spacial score (nSPS) is 22.3. The molecule has 2 saturated heterocycles. The van der Waals surface area contributed by atoms with E-state index in [1.165, 1.54) is 12.7 Å². The highest BCUT2D eigenvalue weighted by Gasteiger charge is 2.50. The number of aliphatic hydroxyl groups excluding tert-OH is 1. The van der Waals surface area contributed by atoms with Crippen LogP contribution in [0, 0.1) is 5.41 Å². The van der Waals surface area contributed by atoms with E-state index in [4.69, 9.17) is 14.3 Å². The van der Waals surface area contributed by atoms with E-state index in [2.05, 4.69) is 9.97 Å². The molecule has 33 heavy (non-hydrogen) atoms. The lowest BCUT2D eigenvalue weighted by Crippen LogP contribution is -2.64. The number of benzene rings is 1. The Balaban J connectivity index is 0.000000821. The van der Waals surface area contributed by atoms with Crippen LogP contribution in [-0.2, 0) is 4.79 Å². The van der Waals surface area contributed by atoms with Gasteiger partial charge < -0.3 is 29.4 Å². The van der Waals surface area contributed by atoms with Crippen molar-refractivity contribution >= 4 is 29.2 Å². The Morgan fingerprint density at radius 2 is 2.06 bits per heavy atom. The number of hydrogen-bond donors (Lipinski definition) is 3. The van der Waals surface area contributed by atoms with Crippen LogP contribution in [0.1, 0.15) is 40.1 Å². The minimum Gasteiger partial charge on any atom is -0.483 e. The molecule has 3 aromatic rings. The number of oxazole rings is 1. The van der Waals surface area contributed by atoms with Gasteiger partial charge in [0.2, 0.25) is 0 Å². The quantitative estimate of drug-likeness (QED) is 0.514. The Bertz CT molecular complexity index is 1130. The molecule has 2 atom stereocenters. The summed E-state index contributed by atoms with van der Waals surface area (Å²) in [5.41, 5.74) is 1.48. The second-order valence-corrected chi connectivity index (χ2v) is 8.40. The maximum atomic E-state index is 13.3. The average molecular weight is 454 g/mol. The van der Waals surface area contributed by atoms with Crippen LogP contribution in [0.2, 0.25) is 0 Å². The molecule has 10 heteroatoms. The molecule has 2 fully saturated rings. The van der Waals surface area contributed by atoms with Gasteiger partial charge in [-0.05, 0) is 43.5 Å². The van der Waals surface area contributed by atoms with Crippen LogP contribution >= 0.6 is 0 Å². The van der Waals surface area contributed by atoms with E-state index in [0.29, 0.717) is 31.6 Å². The van der Waals surface area contributed by atoms with Crippen molar-refractivity contribution in [1.29, 1.82) is 0 Å². The number of carbonyl (C=O) groups is 3. The number of piperidine rings is 2. The zero-order valence-corrected chi connectivity index (χ0v) is 18.0. The van der Waals surface area contributed by atoms with Crippen LogP contribution < -0.4 is 0 Å². The SMILES string of the molecule is O=C(c1ccc2[nH]ccc2c1)N1CC[C@]2(CO)CCCN(C(=O)c3cocn3)[C@H]2C1.O=CO. The van der Waals surface area contributed by atoms with Crippen molar-refractivity contribution < 1.29 is 29.0 Å². The lowest BCUT2D eigenvalue weighted by molar-refractivity contribution is -0.122. The predicted octanol–water partition coefficient (Wildman–Crippen LogP) is 1.99. The average Bonchev–Trinajstić information content (AvgIpc) is 3.54. The molecule has 0 saturated carbocycles. The van der Waals surface area contributed by atoms with Gasteiger partial charge in [0.1, 0.15) is 6.26 Å². The second kappa shape index (κ2) is 9.45. The van der Waals surface area contributed by atoms with Gasteiger partial charge in [-0.25, -0.2) is 4.98 Å². The summed E-state index contributed by atoms with van der Waals surface area (Å²) in [7, 11) is 0. The third-order valence-electron chi connectivity index (χ3n) is 6.74. The molecular formula is C23H26N4O6. The van der Waals surface area contributed by atoms with Gasteiger partial charge in [0.25, 0.3) is 18.3 Å². The molecule has 3 N–H and O–H groups in total. The number of nitrogens with zero attached hydrogens (tertiary/aromatic N) is 3. The number of carboxylic acid groups (broad SMARTS) is 1. The van der Waals surface area contributed by atoms with Gasteiger partial charge in [-0.3, -0.25) is 14.4 Å². The summed E-state index contributed by atoms with van der Waals surface area (Å²) < 4.78 is 4.98. The first-order chi connectivity index (χ1) is 16.0. The zero-order chi connectivity index (χ0) is 23.4. The minimum atomic E-state index is -0.390. The molecule has 5 rings (SSSR count). The molecule has 0 unspecified atom stereocenters. The first kappa shape index (κ1) is 22.5. The van der Waals surface area contributed by atoms with Crippen molar-refractivity contribution in [3.63, 3.8) is 0 Å². The van der Waals surface area contributed by atoms with E-state index in [9.17, 15) is 14.7 Å². The smallest absolute Gasteiger partial charge is 0.290 e. The van der Waals surface area contributed by atoms with E-state index in [-0.39, 0.29) is 42.0 Å². The number of likely N-dealkylation sites (tertiary alicyclic amines) is 2. The van der Waals surface area contributed by atoms with Gasteiger partial charge in [-0.15, -0.1) is 0 Å². The zero-order valence-electron chi connectivity index (χ0n) is 18.0. The summed E-state index contributed by atoms with van der Waals surface area (Å²) >= 11 is 0. The number of H-pyrrole nitrogens is 1. The van der Waals surface area contributed by atoms with Gasteiger partial charge in [0.05, 0.1) is 12.6 Å². The number of hydrogen-bond acceptors (Lipinski definition) is 6. The van der Waals surface area contributed by atoms with Crippen molar-refractivity contribution in [3.05, 3.63) is 54.4 Å². The number of aromatic amines is 1. The molecule has 0 radical (unpaired) electrons. The Hall–Kier alpha value is -3.66. The van der Waals surface area contributed by atoms with Crippen molar-refractivity contribution in [2.24, 2.45) is 5.41 Å². The molecule has 10 nitrogen and oxygen atoms in total. The number of aliphatic hydroxyl groups is 1. The number of amides is 2. The largest absolute Gasteiger partial charge is 0.483 e. The van der Waals surface area contributed by atoms with Crippen LogP contribution in [0.4, 0.5) is 0 Å². The molecule has 174 valence electrons. The van der Waals surface area contributed by atoms with Gasteiger partial charge in [0, 0.05) is 47.7 Å². The fourth-order valence-corrected chi connectivity index (χ4v) is 5.02. The molecular weight excluding hydrogens is 428 g/mol. The molecule has 2 amide bonds. The van der Waals surface area contributed by atoms with Crippen molar-refractivity contribution in [3.8, 4) is 0 Å². The lowest BCUT2D eigenvalue weighted by atomic mass is 9.68. The highest BCUT2D eigenvalue weighted by molar-refractivity contribution is 5.98. The molecule has 1 aromatic carbocycles. The molecule has 2 aliphatic heterocycles. The van der Waals surface area contributed by atoms with E-state index in [0.717, 1.165) is 23.7 Å². The first-order valence-electron chi connectivity index (χ1n) is 10.8. The number of fused-ring (bicyclic) bond motifs is 2. The maximum absolute atomic E-state index is 13.3. The van der Waals surface area contributed by atoms with Crippen LogP contribution in [0.3, 0.4) is 0 Å². The Labute approximate surface area is 189 Å². The number of carbonyl (C=O) groups excluding carboxylic acids is 2. The number of aromatic nitrogens is 2. The summed E-state index contributed by atoms with van der Waals surface area (Å²) in [4.78, 5) is 45.4. The fraction of sp³-hybridized carbons (Fsp3) is 0.391. The summed E-state index contributed by atoms with van der Waals surface area (Å²) in [5.74, 6) is -0.265. The Kier molecular flexibility index (Phi) is 6.45. The van der Waals surface area contributed by atoms with Crippen LogP contribution in [-0.4, -0.2) is 80.6 Å². The van der Waals surface area contributed by atoms with Gasteiger partial charge in [0.15, 0.2) is 12.1 Å². The number of nitrogens with one attached hydrogen (secondary N) is 1. The molecule has 0 bridgehead atoms. The molecule has 2 aromatic heterocycles. The third-order valence-corrected chi connectivity index (χ3v) is 6.74. The monoisotopic (exact) mass is 454 g/mol. The summed E-state index contributed by atoms with van der Waals surface area (Å²) in [6.07, 6.45) is 6.76. The second-order valence-electron chi connectivity index (χ2n) is 8.40. The van der Waals surface area contributed by atoms with Gasteiger partial charge in [-0.2, -0.15) is 0 Å². The fourth-order valence-electron chi connectivity index (χ4n) is 5.02. The maximum Gasteiger partial charge on any atom is 0.290 e. The summed E-state index contributed by atoms with van der Waals surface area (Å²) in [5, 5.41) is 18.1. The Morgan fingerprint density at radius 3 is 2.79 bits per heavy atom. The molecule has 4 heterocycles.